The molecule has 0 saturated heterocycles. The molecule has 2 N–H and O–H groups in total. The average Bonchev–Trinajstić information content (AvgIpc) is 2.49. The Morgan fingerprint density at radius 1 is 1.54 bits per heavy atom. The molecule has 68 valence electrons. The highest BCUT2D eigenvalue weighted by Gasteiger charge is 2.01. The Morgan fingerprint density at radius 2 is 2.38 bits per heavy atom. The molecule has 0 radical (unpaired) electrons. The molecule has 2 aromatic rings. The molecule has 0 unspecified atom stereocenters. The van der Waals surface area contributed by atoms with E-state index in [-0.39, 0.29) is 0 Å². The number of nitrogens with two attached hydrogens (primary N) is 1. The maximum Gasteiger partial charge on any atom is 0.114 e. The third-order valence-electron chi connectivity index (χ3n) is 1.81. The van der Waals surface area contributed by atoms with Crippen molar-refractivity contribution >= 4 is 16.6 Å². The average molecular weight is 177 g/mol. The molecule has 4 nitrogen and oxygen atoms in total. The lowest BCUT2D eigenvalue weighted by molar-refractivity contribution is 0.103. The number of nitrogens with zero attached hydrogens (tertiary/aromatic N) is 2. The monoisotopic (exact) mass is 177 g/mol. The minimum absolute atomic E-state index is 0.589. The van der Waals surface area contributed by atoms with Crippen LogP contribution in [0.1, 0.15) is 6.92 Å². The van der Waals surface area contributed by atoms with Gasteiger partial charge in [0.25, 0.3) is 0 Å². The largest absolute Gasteiger partial charge is 0.399 e. The van der Waals surface area contributed by atoms with Gasteiger partial charge in [0.15, 0.2) is 0 Å². The van der Waals surface area contributed by atoms with Crippen LogP contribution < -0.4 is 10.6 Å². The first-order valence-electron chi connectivity index (χ1n) is 4.18. The van der Waals surface area contributed by atoms with E-state index < -0.39 is 0 Å². The van der Waals surface area contributed by atoms with Gasteiger partial charge >= 0.3 is 0 Å². The number of benzene rings is 1. The topological polar surface area (TPSA) is 53.1 Å². The Balaban J connectivity index is 2.58. The fourth-order valence-corrected chi connectivity index (χ4v) is 1.24. The fourth-order valence-electron chi connectivity index (χ4n) is 1.24. The van der Waals surface area contributed by atoms with E-state index in [2.05, 4.69) is 5.10 Å². The van der Waals surface area contributed by atoms with Gasteiger partial charge in [0.2, 0.25) is 0 Å². The van der Waals surface area contributed by atoms with E-state index in [0.717, 1.165) is 10.9 Å². The minimum Gasteiger partial charge on any atom is -0.399 e. The summed E-state index contributed by atoms with van der Waals surface area (Å²) >= 11 is 0. The summed E-state index contributed by atoms with van der Waals surface area (Å²) in [7, 11) is 0. The summed E-state index contributed by atoms with van der Waals surface area (Å²) in [6.45, 7) is 2.51. The predicted octanol–water partition coefficient (Wildman–Crippen LogP) is 1.07. The van der Waals surface area contributed by atoms with Crippen LogP contribution in [0.4, 0.5) is 5.69 Å². The van der Waals surface area contributed by atoms with Crippen molar-refractivity contribution in [3.05, 3.63) is 24.4 Å². The number of rotatable bonds is 2. The van der Waals surface area contributed by atoms with E-state index in [9.17, 15) is 0 Å². The first-order chi connectivity index (χ1) is 6.31. The molecule has 1 aromatic carbocycles. The summed E-state index contributed by atoms with van der Waals surface area (Å²) in [6, 6.07) is 5.62. The summed E-state index contributed by atoms with van der Waals surface area (Å²) in [4.78, 5) is 6.76. The zero-order valence-electron chi connectivity index (χ0n) is 7.40. The quantitative estimate of drug-likeness (QED) is 0.698. The fraction of sp³-hybridized carbons (Fsp3) is 0.222. The highest BCUT2D eigenvalue weighted by atomic mass is 16.7. The number of anilines is 1. The molecule has 0 atom stereocenters. The van der Waals surface area contributed by atoms with E-state index in [1.54, 1.807) is 6.20 Å². The number of hydrogen-bond acceptors (Lipinski definition) is 3. The maximum absolute atomic E-state index is 5.65. The summed E-state index contributed by atoms with van der Waals surface area (Å²) in [5.74, 6) is 0. The zero-order valence-corrected chi connectivity index (χ0v) is 7.40. The van der Waals surface area contributed by atoms with Crippen molar-refractivity contribution in [2.24, 2.45) is 0 Å². The van der Waals surface area contributed by atoms with Gasteiger partial charge in [-0.3, -0.25) is 0 Å². The normalized spacial score (nSPS) is 10.5. The first kappa shape index (κ1) is 7.91. The Labute approximate surface area is 75.9 Å². The Hall–Kier alpha value is -1.71. The minimum atomic E-state index is 0.589. The lowest BCUT2D eigenvalue weighted by Gasteiger charge is -2.02. The second-order valence-corrected chi connectivity index (χ2v) is 2.75. The molecular weight excluding hydrogens is 166 g/mol. The lowest BCUT2D eigenvalue weighted by atomic mass is 10.2. The van der Waals surface area contributed by atoms with Crippen molar-refractivity contribution in [3.8, 4) is 0 Å². The van der Waals surface area contributed by atoms with Crippen LogP contribution in [0, 0.1) is 0 Å². The van der Waals surface area contributed by atoms with Gasteiger partial charge in [0.05, 0.1) is 6.20 Å². The third kappa shape index (κ3) is 1.30. The predicted molar refractivity (Wildman–Crippen MR) is 51.3 cm³/mol. The highest BCUT2D eigenvalue weighted by Crippen LogP contribution is 2.15. The van der Waals surface area contributed by atoms with E-state index in [0.29, 0.717) is 12.3 Å². The molecule has 4 heteroatoms. The molecular formula is C9H11N3O. The van der Waals surface area contributed by atoms with Crippen molar-refractivity contribution in [3.63, 3.8) is 0 Å². The van der Waals surface area contributed by atoms with Gasteiger partial charge in [0, 0.05) is 11.1 Å². The number of hydrogen-bond donors (Lipinski definition) is 1. The van der Waals surface area contributed by atoms with Gasteiger partial charge in [0.1, 0.15) is 12.1 Å². The van der Waals surface area contributed by atoms with E-state index >= 15 is 0 Å². The second-order valence-electron chi connectivity index (χ2n) is 2.75. The van der Waals surface area contributed by atoms with Crippen molar-refractivity contribution in [2.75, 3.05) is 12.3 Å². The van der Waals surface area contributed by atoms with Crippen molar-refractivity contribution in [1.82, 2.24) is 9.94 Å². The molecule has 1 heterocycles. The smallest absolute Gasteiger partial charge is 0.114 e. The van der Waals surface area contributed by atoms with Gasteiger partial charge in [-0.2, -0.15) is 0 Å². The molecule has 1 aromatic heterocycles. The Kier molecular flexibility index (Phi) is 1.81. The maximum atomic E-state index is 5.65. The van der Waals surface area contributed by atoms with Crippen LogP contribution in [-0.2, 0) is 0 Å². The Bertz CT molecular complexity index is 422. The van der Waals surface area contributed by atoms with E-state index in [1.165, 1.54) is 4.85 Å². The molecule has 0 aliphatic heterocycles. The first-order valence-corrected chi connectivity index (χ1v) is 4.18. The van der Waals surface area contributed by atoms with Crippen molar-refractivity contribution in [1.29, 1.82) is 0 Å². The second kappa shape index (κ2) is 2.97. The lowest BCUT2D eigenvalue weighted by Crippen LogP contribution is -2.11. The highest BCUT2D eigenvalue weighted by molar-refractivity contribution is 5.81. The van der Waals surface area contributed by atoms with Crippen LogP contribution >= 0.6 is 0 Å². The van der Waals surface area contributed by atoms with Crippen LogP contribution in [-0.4, -0.2) is 16.6 Å². The SMILES string of the molecule is CCOn1ncc2ccc(N)cc21. The van der Waals surface area contributed by atoms with Crippen molar-refractivity contribution < 1.29 is 4.84 Å². The summed E-state index contributed by atoms with van der Waals surface area (Å²) < 4.78 is 0. The number of fused-ring (bicyclic) bond motifs is 1. The summed E-state index contributed by atoms with van der Waals surface area (Å²) in [6.07, 6.45) is 1.75. The summed E-state index contributed by atoms with van der Waals surface area (Å²) in [5.41, 5.74) is 7.27. The van der Waals surface area contributed by atoms with Gasteiger partial charge in [-0.25, -0.2) is 0 Å². The zero-order chi connectivity index (χ0) is 9.26. The van der Waals surface area contributed by atoms with E-state index in [1.807, 2.05) is 25.1 Å². The molecule has 0 saturated carbocycles. The van der Waals surface area contributed by atoms with Crippen molar-refractivity contribution in [2.45, 2.75) is 6.92 Å². The standard InChI is InChI=1S/C9H11N3O/c1-2-13-12-9-5-8(10)4-3-7(9)6-11-12/h3-6H,2,10H2,1H3. The molecule has 0 aliphatic rings. The van der Waals surface area contributed by atoms with Gasteiger partial charge in [-0.15, -0.1) is 5.10 Å². The number of nitrogen functional groups attached to an aromatic ring is 1. The van der Waals surface area contributed by atoms with E-state index in [4.69, 9.17) is 10.6 Å². The van der Waals surface area contributed by atoms with Gasteiger partial charge in [-0.1, -0.05) is 4.85 Å². The van der Waals surface area contributed by atoms with Crippen LogP contribution in [0.25, 0.3) is 10.9 Å². The molecule has 0 fully saturated rings. The molecule has 0 amide bonds. The molecule has 0 bridgehead atoms. The van der Waals surface area contributed by atoms with Crippen LogP contribution in [0.15, 0.2) is 24.4 Å². The van der Waals surface area contributed by atoms with Gasteiger partial charge < -0.3 is 10.6 Å². The molecule has 13 heavy (non-hydrogen) atoms. The third-order valence-corrected chi connectivity index (χ3v) is 1.81. The summed E-state index contributed by atoms with van der Waals surface area (Å²) in [5, 5.41) is 5.10. The number of aromatic nitrogens is 2. The van der Waals surface area contributed by atoms with Crippen LogP contribution in [0.5, 0.6) is 0 Å². The molecule has 0 spiro atoms. The molecule has 2 rings (SSSR count). The van der Waals surface area contributed by atoms with Gasteiger partial charge in [-0.05, 0) is 25.1 Å². The van der Waals surface area contributed by atoms with Crippen LogP contribution in [0.3, 0.4) is 0 Å². The molecule has 0 aliphatic carbocycles. The van der Waals surface area contributed by atoms with Crippen LogP contribution in [0.2, 0.25) is 0 Å². The Morgan fingerprint density at radius 3 is 3.15 bits per heavy atom.